The van der Waals surface area contributed by atoms with Crippen LogP contribution < -0.4 is 10.6 Å². The second kappa shape index (κ2) is 4.62. The first-order valence-corrected chi connectivity index (χ1v) is 4.39. The summed E-state index contributed by atoms with van der Waals surface area (Å²) in [7, 11) is 0. The molecule has 0 saturated heterocycles. The Balaban J connectivity index is 2.87. The maximum Gasteiger partial charge on any atom is 0.319 e. The Labute approximate surface area is 82.9 Å². The summed E-state index contributed by atoms with van der Waals surface area (Å²) in [5.41, 5.74) is 6.99. The number of urea groups is 1. The van der Waals surface area contributed by atoms with E-state index in [4.69, 9.17) is 10.8 Å². The van der Waals surface area contributed by atoms with E-state index in [1.807, 2.05) is 19.1 Å². The Morgan fingerprint density at radius 3 is 2.43 bits per heavy atom. The first-order chi connectivity index (χ1) is 6.65. The van der Waals surface area contributed by atoms with Gasteiger partial charge in [0, 0.05) is 5.69 Å². The fourth-order valence-electron chi connectivity index (χ4n) is 1.19. The number of amides is 2. The fourth-order valence-corrected chi connectivity index (χ4v) is 1.19. The third-order valence-electron chi connectivity index (χ3n) is 1.94. The predicted molar refractivity (Wildman–Crippen MR) is 55.2 cm³/mol. The van der Waals surface area contributed by atoms with E-state index in [-0.39, 0.29) is 13.2 Å². The Kier molecular flexibility index (Phi) is 3.48. The van der Waals surface area contributed by atoms with E-state index in [0.29, 0.717) is 5.69 Å². The zero-order chi connectivity index (χ0) is 10.6. The first kappa shape index (κ1) is 10.5. The molecule has 0 aliphatic heterocycles. The molecule has 76 valence electrons. The number of rotatable bonds is 3. The van der Waals surface area contributed by atoms with Gasteiger partial charge >= 0.3 is 6.03 Å². The number of primary amides is 1. The maximum atomic E-state index is 11.0. The van der Waals surface area contributed by atoms with Gasteiger partial charge in [-0.1, -0.05) is 17.7 Å². The summed E-state index contributed by atoms with van der Waals surface area (Å²) in [4.78, 5) is 12.3. The molecule has 0 aromatic heterocycles. The quantitative estimate of drug-likeness (QED) is 0.749. The van der Waals surface area contributed by atoms with Crippen molar-refractivity contribution in [2.24, 2.45) is 5.73 Å². The van der Waals surface area contributed by atoms with Gasteiger partial charge in [-0.3, -0.25) is 4.90 Å². The first-order valence-electron chi connectivity index (χ1n) is 4.39. The third kappa shape index (κ3) is 2.47. The highest BCUT2D eigenvalue weighted by Gasteiger charge is 2.10. The number of carbonyl (C=O) groups excluding carboxylic acids is 1. The van der Waals surface area contributed by atoms with Crippen LogP contribution >= 0.6 is 0 Å². The van der Waals surface area contributed by atoms with Gasteiger partial charge < -0.3 is 10.8 Å². The van der Waals surface area contributed by atoms with Gasteiger partial charge in [0.1, 0.15) is 0 Å². The molecule has 3 N–H and O–H groups in total. The molecule has 1 aromatic carbocycles. The standard InChI is InChI=1S/C10H14N2O2/c1-8-2-4-9(5-3-8)12(6-7-13)10(11)14/h2-5,13H,6-7H2,1H3,(H2,11,14). The van der Waals surface area contributed by atoms with Crippen molar-refractivity contribution in [2.75, 3.05) is 18.1 Å². The van der Waals surface area contributed by atoms with Crippen LogP contribution in [0.1, 0.15) is 5.56 Å². The van der Waals surface area contributed by atoms with E-state index >= 15 is 0 Å². The molecule has 0 bridgehead atoms. The normalized spacial score (nSPS) is 9.86. The molecule has 0 unspecified atom stereocenters. The van der Waals surface area contributed by atoms with Crippen molar-refractivity contribution in [2.45, 2.75) is 6.92 Å². The smallest absolute Gasteiger partial charge is 0.319 e. The lowest BCUT2D eigenvalue weighted by Gasteiger charge is -2.19. The molecule has 1 aromatic rings. The van der Waals surface area contributed by atoms with Gasteiger partial charge in [-0.2, -0.15) is 0 Å². The van der Waals surface area contributed by atoms with Crippen LogP contribution in [0.15, 0.2) is 24.3 Å². The number of hydrogen-bond acceptors (Lipinski definition) is 2. The average Bonchev–Trinajstić information content (AvgIpc) is 2.15. The van der Waals surface area contributed by atoms with Gasteiger partial charge in [-0.15, -0.1) is 0 Å². The van der Waals surface area contributed by atoms with Crippen LogP contribution in [-0.2, 0) is 0 Å². The molecular formula is C10H14N2O2. The Hall–Kier alpha value is -1.55. The molecule has 14 heavy (non-hydrogen) atoms. The molecule has 0 aliphatic rings. The molecule has 0 fully saturated rings. The van der Waals surface area contributed by atoms with E-state index in [0.717, 1.165) is 5.56 Å². The Morgan fingerprint density at radius 2 is 2.00 bits per heavy atom. The second-order valence-electron chi connectivity index (χ2n) is 3.05. The summed E-state index contributed by atoms with van der Waals surface area (Å²) in [6.45, 7) is 2.08. The van der Waals surface area contributed by atoms with E-state index in [2.05, 4.69) is 0 Å². The maximum absolute atomic E-state index is 11.0. The molecule has 0 heterocycles. The molecule has 2 amide bonds. The van der Waals surface area contributed by atoms with Crippen LogP contribution in [0.3, 0.4) is 0 Å². The highest BCUT2D eigenvalue weighted by Crippen LogP contribution is 2.14. The number of aliphatic hydroxyl groups is 1. The highest BCUT2D eigenvalue weighted by molar-refractivity contribution is 5.90. The van der Waals surface area contributed by atoms with Crippen molar-refractivity contribution in [1.82, 2.24) is 0 Å². The summed E-state index contributed by atoms with van der Waals surface area (Å²) >= 11 is 0. The van der Waals surface area contributed by atoms with E-state index in [1.54, 1.807) is 12.1 Å². The van der Waals surface area contributed by atoms with Crippen molar-refractivity contribution in [3.63, 3.8) is 0 Å². The summed E-state index contributed by atoms with van der Waals surface area (Å²) in [5, 5.41) is 8.75. The SMILES string of the molecule is Cc1ccc(N(CCO)C(N)=O)cc1. The van der Waals surface area contributed by atoms with Crippen molar-refractivity contribution >= 4 is 11.7 Å². The molecular weight excluding hydrogens is 180 g/mol. The highest BCUT2D eigenvalue weighted by atomic mass is 16.3. The number of aryl methyl sites for hydroxylation is 1. The molecule has 0 atom stereocenters. The molecule has 0 saturated carbocycles. The fraction of sp³-hybridized carbons (Fsp3) is 0.300. The van der Waals surface area contributed by atoms with Crippen molar-refractivity contribution in [1.29, 1.82) is 0 Å². The van der Waals surface area contributed by atoms with E-state index < -0.39 is 6.03 Å². The van der Waals surface area contributed by atoms with Gasteiger partial charge in [0.25, 0.3) is 0 Å². The minimum atomic E-state index is -0.553. The molecule has 0 aliphatic carbocycles. The number of nitrogens with zero attached hydrogens (tertiary/aromatic N) is 1. The van der Waals surface area contributed by atoms with E-state index in [1.165, 1.54) is 4.90 Å². The van der Waals surface area contributed by atoms with Gasteiger partial charge in [0.15, 0.2) is 0 Å². The average molecular weight is 194 g/mol. The monoisotopic (exact) mass is 194 g/mol. The third-order valence-corrected chi connectivity index (χ3v) is 1.94. The van der Waals surface area contributed by atoms with Crippen LogP contribution in [0, 0.1) is 6.92 Å². The van der Waals surface area contributed by atoms with Crippen LogP contribution in [0.2, 0.25) is 0 Å². The lowest BCUT2D eigenvalue weighted by atomic mass is 10.2. The van der Waals surface area contributed by atoms with Crippen molar-refractivity contribution < 1.29 is 9.90 Å². The zero-order valence-electron chi connectivity index (χ0n) is 8.10. The molecule has 4 nitrogen and oxygen atoms in total. The van der Waals surface area contributed by atoms with E-state index in [9.17, 15) is 4.79 Å². The zero-order valence-corrected chi connectivity index (χ0v) is 8.10. The Bertz CT molecular complexity index is 308. The number of carbonyl (C=O) groups is 1. The Morgan fingerprint density at radius 1 is 1.43 bits per heavy atom. The molecule has 0 radical (unpaired) electrons. The van der Waals surface area contributed by atoms with Gasteiger partial charge in [-0.25, -0.2) is 4.79 Å². The summed E-state index contributed by atoms with van der Waals surface area (Å²) in [6.07, 6.45) is 0. The van der Waals surface area contributed by atoms with Gasteiger partial charge in [0.05, 0.1) is 13.2 Å². The van der Waals surface area contributed by atoms with Gasteiger partial charge in [0.2, 0.25) is 0 Å². The number of aliphatic hydroxyl groups excluding tert-OH is 1. The summed E-state index contributed by atoms with van der Waals surface area (Å²) in [5.74, 6) is 0. The summed E-state index contributed by atoms with van der Waals surface area (Å²) < 4.78 is 0. The molecule has 0 spiro atoms. The minimum absolute atomic E-state index is 0.100. The number of benzene rings is 1. The largest absolute Gasteiger partial charge is 0.395 e. The number of nitrogens with two attached hydrogens (primary N) is 1. The summed E-state index contributed by atoms with van der Waals surface area (Å²) in [6, 6.07) is 6.83. The lowest BCUT2D eigenvalue weighted by Crippen LogP contribution is -2.37. The van der Waals surface area contributed by atoms with Crippen molar-refractivity contribution in [3.8, 4) is 0 Å². The van der Waals surface area contributed by atoms with Crippen LogP contribution in [0.4, 0.5) is 10.5 Å². The number of hydrogen-bond donors (Lipinski definition) is 2. The molecule has 1 rings (SSSR count). The van der Waals surface area contributed by atoms with Crippen molar-refractivity contribution in [3.05, 3.63) is 29.8 Å². The minimum Gasteiger partial charge on any atom is -0.395 e. The lowest BCUT2D eigenvalue weighted by molar-refractivity contribution is 0.249. The topological polar surface area (TPSA) is 66.6 Å². The predicted octanol–water partition coefficient (Wildman–Crippen LogP) is 0.872. The second-order valence-corrected chi connectivity index (χ2v) is 3.05. The molecule has 4 heteroatoms. The van der Waals surface area contributed by atoms with Crippen LogP contribution in [0.25, 0.3) is 0 Å². The number of anilines is 1. The van der Waals surface area contributed by atoms with Crippen LogP contribution in [-0.4, -0.2) is 24.3 Å². The van der Waals surface area contributed by atoms with Gasteiger partial charge in [-0.05, 0) is 19.1 Å². The van der Waals surface area contributed by atoms with Crippen LogP contribution in [0.5, 0.6) is 0 Å².